The maximum atomic E-state index is 13.2. The molecule has 2 aromatic carbocycles. The first kappa shape index (κ1) is 19.1. The molecule has 0 unspecified atom stereocenters. The molecule has 154 valence electrons. The van der Waals surface area contributed by atoms with Crippen LogP contribution in [-0.4, -0.2) is 30.3 Å². The van der Waals surface area contributed by atoms with Crippen LogP contribution < -0.4 is 5.32 Å². The molecule has 3 heterocycles. The second-order valence-corrected chi connectivity index (χ2v) is 8.00. The fraction of sp³-hybridized carbons (Fsp3) is 0.0909. The Labute approximate surface area is 180 Å². The van der Waals surface area contributed by atoms with Crippen LogP contribution in [0.5, 0.6) is 0 Å². The average Bonchev–Trinajstić information content (AvgIpc) is 3.50. The first-order chi connectivity index (χ1) is 15.1. The molecular weight excluding hydrogens is 415 g/mol. The fourth-order valence-electron chi connectivity index (χ4n) is 3.22. The van der Waals surface area contributed by atoms with Crippen LogP contribution in [0.25, 0.3) is 21.9 Å². The van der Waals surface area contributed by atoms with Crippen molar-refractivity contribution in [1.29, 1.82) is 0 Å². The summed E-state index contributed by atoms with van der Waals surface area (Å²) in [6.07, 6.45) is 3.37. The number of fused-ring (bicyclic) bond motifs is 1. The molecule has 1 N–H and O–H groups in total. The van der Waals surface area contributed by atoms with Crippen LogP contribution in [0.1, 0.15) is 21.1 Å². The highest BCUT2D eigenvalue weighted by molar-refractivity contribution is 7.17. The van der Waals surface area contributed by atoms with Crippen LogP contribution in [0.4, 0.5) is 4.39 Å². The molecule has 0 atom stereocenters. The zero-order valence-electron chi connectivity index (χ0n) is 16.5. The van der Waals surface area contributed by atoms with Gasteiger partial charge in [-0.05, 0) is 43.3 Å². The van der Waals surface area contributed by atoms with Crippen molar-refractivity contribution < 1.29 is 9.18 Å². The maximum Gasteiger partial charge on any atom is 0.273 e. The van der Waals surface area contributed by atoms with E-state index in [0.29, 0.717) is 6.54 Å². The van der Waals surface area contributed by atoms with Crippen LogP contribution >= 0.6 is 11.3 Å². The number of carbonyl (C=O) groups is 1. The van der Waals surface area contributed by atoms with Gasteiger partial charge in [0.2, 0.25) is 0 Å². The van der Waals surface area contributed by atoms with E-state index in [1.165, 1.54) is 34.5 Å². The van der Waals surface area contributed by atoms with E-state index in [0.717, 1.165) is 32.5 Å². The van der Waals surface area contributed by atoms with Gasteiger partial charge in [0.1, 0.15) is 5.82 Å². The fourth-order valence-corrected chi connectivity index (χ4v) is 4.26. The van der Waals surface area contributed by atoms with Gasteiger partial charge in [0.05, 0.1) is 24.1 Å². The van der Waals surface area contributed by atoms with Crippen molar-refractivity contribution in [2.24, 2.45) is 0 Å². The van der Waals surface area contributed by atoms with Crippen molar-refractivity contribution in [2.45, 2.75) is 13.5 Å². The number of hydrogen-bond acceptors (Lipinski definition) is 5. The molecule has 9 heteroatoms. The van der Waals surface area contributed by atoms with Crippen molar-refractivity contribution in [3.05, 3.63) is 89.1 Å². The van der Waals surface area contributed by atoms with Crippen LogP contribution in [0.2, 0.25) is 0 Å². The number of rotatable bonds is 5. The first-order valence-electron chi connectivity index (χ1n) is 9.58. The molecule has 0 aliphatic heterocycles. The largest absolute Gasteiger partial charge is 0.346 e. The molecule has 0 aliphatic rings. The van der Waals surface area contributed by atoms with Crippen molar-refractivity contribution in [1.82, 2.24) is 29.7 Å². The van der Waals surface area contributed by atoms with Crippen molar-refractivity contribution in [3.63, 3.8) is 0 Å². The van der Waals surface area contributed by atoms with Gasteiger partial charge in [0.25, 0.3) is 5.91 Å². The number of nitrogens with one attached hydrogen (secondary N) is 1. The lowest BCUT2D eigenvalue weighted by atomic mass is 10.2. The van der Waals surface area contributed by atoms with Gasteiger partial charge >= 0.3 is 0 Å². The quantitative estimate of drug-likeness (QED) is 0.455. The number of thiazole rings is 1. The summed E-state index contributed by atoms with van der Waals surface area (Å²) in [6, 6.07) is 15.7. The summed E-state index contributed by atoms with van der Waals surface area (Å²) in [6.45, 7) is 2.34. The normalized spacial score (nSPS) is 11.2. The Bertz CT molecular complexity index is 1370. The number of imidazole rings is 1. The minimum absolute atomic E-state index is 0.251. The summed E-state index contributed by atoms with van der Waals surface area (Å²) in [7, 11) is 0. The topological polar surface area (TPSA) is 77.1 Å². The Balaban J connectivity index is 1.30. The third-order valence-corrected chi connectivity index (χ3v) is 6.07. The Morgan fingerprint density at radius 3 is 2.65 bits per heavy atom. The highest BCUT2D eigenvalue weighted by Gasteiger charge is 2.16. The summed E-state index contributed by atoms with van der Waals surface area (Å²) in [5.41, 5.74) is 3.67. The van der Waals surface area contributed by atoms with E-state index < -0.39 is 0 Å². The predicted molar refractivity (Wildman–Crippen MR) is 116 cm³/mol. The van der Waals surface area contributed by atoms with Gasteiger partial charge < -0.3 is 5.32 Å². The molecule has 0 spiro atoms. The number of nitrogens with zero attached hydrogens (tertiary/aromatic N) is 5. The van der Waals surface area contributed by atoms with Crippen molar-refractivity contribution >= 4 is 22.2 Å². The number of aryl methyl sites for hydroxylation is 1. The number of aromatic nitrogens is 5. The van der Waals surface area contributed by atoms with E-state index in [1.54, 1.807) is 12.1 Å². The summed E-state index contributed by atoms with van der Waals surface area (Å²) >= 11 is 1.50. The number of para-hydroxylation sites is 1. The Morgan fingerprint density at radius 1 is 1.13 bits per heavy atom. The van der Waals surface area contributed by atoms with Crippen LogP contribution in [0, 0.1) is 12.7 Å². The molecule has 1 amide bonds. The van der Waals surface area contributed by atoms with E-state index in [-0.39, 0.29) is 17.4 Å². The van der Waals surface area contributed by atoms with Gasteiger partial charge in [-0.1, -0.05) is 29.5 Å². The maximum absolute atomic E-state index is 13.2. The monoisotopic (exact) mass is 432 g/mol. The number of amides is 1. The molecule has 0 aliphatic carbocycles. The summed E-state index contributed by atoms with van der Waals surface area (Å²) in [5.74, 6) is -0.567. The van der Waals surface area contributed by atoms with Crippen LogP contribution in [0.3, 0.4) is 0 Å². The van der Waals surface area contributed by atoms with E-state index >= 15 is 0 Å². The highest BCUT2D eigenvalue weighted by Crippen LogP contribution is 2.27. The highest BCUT2D eigenvalue weighted by atomic mass is 32.1. The number of hydrogen-bond donors (Lipinski definition) is 1. The number of halogens is 1. The number of benzene rings is 2. The van der Waals surface area contributed by atoms with Gasteiger partial charge in [0.15, 0.2) is 10.7 Å². The van der Waals surface area contributed by atoms with Gasteiger partial charge in [-0.15, -0.1) is 5.10 Å². The van der Waals surface area contributed by atoms with Crippen molar-refractivity contribution in [3.8, 4) is 16.9 Å². The molecule has 0 fully saturated rings. The Morgan fingerprint density at radius 2 is 1.90 bits per heavy atom. The second-order valence-electron chi connectivity index (χ2n) is 6.93. The second kappa shape index (κ2) is 7.77. The third kappa shape index (κ3) is 3.71. The van der Waals surface area contributed by atoms with Crippen LogP contribution in [-0.2, 0) is 6.54 Å². The first-order valence-corrected chi connectivity index (χ1v) is 10.4. The Kier molecular flexibility index (Phi) is 4.79. The minimum atomic E-state index is -0.292. The van der Waals surface area contributed by atoms with Gasteiger partial charge in [0, 0.05) is 22.3 Å². The molecule has 7 nitrogen and oxygen atoms in total. The van der Waals surface area contributed by atoms with E-state index in [1.807, 2.05) is 47.9 Å². The molecule has 31 heavy (non-hydrogen) atoms. The lowest BCUT2D eigenvalue weighted by Gasteiger charge is -2.02. The minimum Gasteiger partial charge on any atom is -0.346 e. The standard InChI is InChI=1S/C22H17FN6OS/c1-14-20(31-22-26-19(13-28(14)22)15-7-9-16(23)10-8-15)12-24-21(30)18-11-25-29(27-18)17-5-3-2-4-6-17/h2-11,13H,12H2,1H3,(H,24,30). The molecule has 0 saturated carbocycles. The van der Waals surface area contributed by atoms with Crippen LogP contribution in [0.15, 0.2) is 67.0 Å². The van der Waals surface area contributed by atoms with E-state index in [4.69, 9.17) is 0 Å². The Hall–Kier alpha value is -3.85. The molecular formula is C22H17FN6OS. The van der Waals surface area contributed by atoms with E-state index in [9.17, 15) is 9.18 Å². The molecule has 5 aromatic rings. The number of carbonyl (C=O) groups excluding carboxylic acids is 1. The molecule has 3 aromatic heterocycles. The smallest absolute Gasteiger partial charge is 0.273 e. The van der Waals surface area contributed by atoms with Gasteiger partial charge in [-0.3, -0.25) is 9.20 Å². The van der Waals surface area contributed by atoms with Gasteiger partial charge in [-0.25, -0.2) is 9.37 Å². The van der Waals surface area contributed by atoms with E-state index in [2.05, 4.69) is 20.5 Å². The average molecular weight is 432 g/mol. The summed E-state index contributed by atoms with van der Waals surface area (Å²) < 4.78 is 15.1. The summed E-state index contributed by atoms with van der Waals surface area (Å²) in [4.78, 5) is 20.4. The predicted octanol–water partition coefficient (Wildman–Crippen LogP) is 4.02. The SMILES string of the molecule is Cc1c(CNC(=O)c2cnn(-c3ccccc3)n2)sc2nc(-c3ccc(F)cc3)cn12. The molecule has 5 rings (SSSR count). The zero-order chi connectivity index (χ0) is 21.4. The lowest BCUT2D eigenvalue weighted by Crippen LogP contribution is -2.23. The van der Waals surface area contributed by atoms with Crippen molar-refractivity contribution in [2.75, 3.05) is 0 Å². The molecule has 0 radical (unpaired) electrons. The summed E-state index contributed by atoms with van der Waals surface area (Å²) in [5, 5.41) is 11.3. The lowest BCUT2D eigenvalue weighted by molar-refractivity contribution is 0.0946. The zero-order valence-corrected chi connectivity index (χ0v) is 17.3. The van der Waals surface area contributed by atoms with Gasteiger partial charge in [-0.2, -0.15) is 9.90 Å². The third-order valence-electron chi connectivity index (χ3n) is 4.91. The molecule has 0 bridgehead atoms. The molecule has 0 saturated heterocycles.